The van der Waals surface area contributed by atoms with Gasteiger partial charge in [-0.2, -0.15) is 5.10 Å². The van der Waals surface area contributed by atoms with Crippen LogP contribution in [-0.4, -0.2) is 20.5 Å². The van der Waals surface area contributed by atoms with Crippen molar-refractivity contribution in [1.82, 2.24) is 14.8 Å². The van der Waals surface area contributed by atoms with Crippen LogP contribution in [0.5, 0.6) is 0 Å². The number of carbonyl (C=O) groups excluding carboxylic acids is 1. The van der Waals surface area contributed by atoms with Gasteiger partial charge in [0, 0.05) is 15.6 Å². The molecule has 2 aromatic carbocycles. The number of rotatable bonds is 1. The summed E-state index contributed by atoms with van der Waals surface area (Å²) in [5, 5.41) is 5.38. The van der Waals surface area contributed by atoms with E-state index in [9.17, 15) is 4.79 Å². The number of benzene rings is 2. The van der Waals surface area contributed by atoms with Gasteiger partial charge in [-0.05, 0) is 25.1 Å². The van der Waals surface area contributed by atoms with Crippen LogP contribution in [0.25, 0.3) is 26.6 Å². The topological polar surface area (TPSA) is 47.8 Å². The van der Waals surface area contributed by atoms with E-state index in [1.165, 1.54) is 0 Å². The number of carbonyl (C=O) groups is 1. The minimum atomic E-state index is 0.0493. The number of aryl methyl sites for hydroxylation is 1. The maximum absolute atomic E-state index is 12.7. The summed E-state index contributed by atoms with van der Waals surface area (Å²) in [6.45, 7) is 1.88. The van der Waals surface area contributed by atoms with Crippen LogP contribution in [-0.2, 0) is 0 Å². The summed E-state index contributed by atoms with van der Waals surface area (Å²) in [7, 11) is 0. The highest BCUT2D eigenvalue weighted by atomic mass is 79.9. The van der Waals surface area contributed by atoms with E-state index in [0.29, 0.717) is 5.56 Å². The first-order valence-electron chi connectivity index (χ1n) is 7.43. The Hall–Kier alpha value is -2.31. The zero-order valence-corrected chi connectivity index (χ0v) is 15.0. The number of aromatic nitrogens is 3. The van der Waals surface area contributed by atoms with Gasteiger partial charge >= 0.3 is 0 Å². The van der Waals surface area contributed by atoms with E-state index in [0.717, 1.165) is 42.3 Å². The molecule has 0 unspecified atom stereocenters. The monoisotopic (exact) mass is 395 g/mol. The van der Waals surface area contributed by atoms with Gasteiger partial charge in [-0.3, -0.25) is 4.79 Å². The molecule has 0 bridgehead atoms. The summed E-state index contributed by atoms with van der Waals surface area (Å²) < 4.78 is 3.92. The molecule has 0 atom stereocenters. The lowest BCUT2D eigenvalue weighted by atomic mass is 10.1. The maximum atomic E-state index is 12.7. The molecule has 4 aromatic rings. The van der Waals surface area contributed by atoms with Crippen molar-refractivity contribution in [1.29, 1.82) is 0 Å². The molecule has 0 aliphatic heterocycles. The van der Waals surface area contributed by atoms with E-state index >= 15 is 0 Å². The third-order valence-corrected chi connectivity index (χ3v) is 5.72. The van der Waals surface area contributed by atoms with Crippen molar-refractivity contribution in [3.05, 3.63) is 63.8 Å². The summed E-state index contributed by atoms with van der Waals surface area (Å²) in [6, 6.07) is 13.7. The highest BCUT2D eigenvalue weighted by Gasteiger charge is 2.34. The zero-order valence-electron chi connectivity index (χ0n) is 12.6. The van der Waals surface area contributed by atoms with Gasteiger partial charge in [0.2, 0.25) is 5.13 Å². The Morgan fingerprint density at radius 1 is 1.12 bits per heavy atom. The molecule has 116 valence electrons. The number of nitrogens with zero attached hydrogens (tertiary/aromatic N) is 3. The summed E-state index contributed by atoms with van der Waals surface area (Å²) in [4.78, 5) is 17.4. The SMILES string of the molecule is Cc1nn(-c2nc3ccc(Br)cc3s2)c2c1C(=O)c1ccccc1-2. The van der Waals surface area contributed by atoms with E-state index in [4.69, 9.17) is 4.98 Å². The predicted molar refractivity (Wildman–Crippen MR) is 98.0 cm³/mol. The third kappa shape index (κ3) is 1.81. The number of hydrogen-bond acceptors (Lipinski definition) is 4. The molecular weight excluding hydrogens is 386 g/mol. The fourth-order valence-electron chi connectivity index (χ4n) is 3.19. The normalized spacial score (nSPS) is 12.7. The van der Waals surface area contributed by atoms with Crippen LogP contribution in [0.15, 0.2) is 46.9 Å². The molecule has 5 rings (SSSR count). The fraction of sp³-hybridized carbons (Fsp3) is 0.0556. The van der Waals surface area contributed by atoms with E-state index in [1.54, 1.807) is 11.3 Å². The van der Waals surface area contributed by atoms with Gasteiger partial charge in [-0.1, -0.05) is 51.5 Å². The lowest BCUT2D eigenvalue weighted by Crippen LogP contribution is -1.99. The Morgan fingerprint density at radius 2 is 1.92 bits per heavy atom. The van der Waals surface area contributed by atoms with E-state index in [1.807, 2.05) is 54.1 Å². The van der Waals surface area contributed by atoms with Crippen molar-refractivity contribution in [2.24, 2.45) is 0 Å². The second-order valence-electron chi connectivity index (χ2n) is 5.70. The minimum Gasteiger partial charge on any atom is -0.288 e. The molecule has 0 spiro atoms. The first-order valence-corrected chi connectivity index (χ1v) is 9.04. The largest absolute Gasteiger partial charge is 0.288 e. The summed E-state index contributed by atoms with van der Waals surface area (Å²) >= 11 is 5.06. The molecule has 24 heavy (non-hydrogen) atoms. The fourth-order valence-corrected chi connectivity index (χ4v) is 4.66. The van der Waals surface area contributed by atoms with Crippen LogP contribution in [0.1, 0.15) is 21.6 Å². The summed E-state index contributed by atoms with van der Waals surface area (Å²) in [5.74, 6) is 0.0493. The molecule has 0 fully saturated rings. The molecule has 0 amide bonds. The first-order chi connectivity index (χ1) is 11.6. The Morgan fingerprint density at radius 3 is 2.75 bits per heavy atom. The van der Waals surface area contributed by atoms with Crippen molar-refractivity contribution in [3.8, 4) is 16.4 Å². The first kappa shape index (κ1) is 14.1. The Bertz CT molecular complexity index is 1160. The maximum Gasteiger partial charge on any atom is 0.212 e. The third-order valence-electron chi connectivity index (χ3n) is 4.23. The van der Waals surface area contributed by atoms with Gasteiger partial charge in [0.25, 0.3) is 0 Å². The Kier molecular flexibility index (Phi) is 2.84. The molecule has 0 saturated carbocycles. The molecule has 0 saturated heterocycles. The van der Waals surface area contributed by atoms with E-state index < -0.39 is 0 Å². The average Bonchev–Trinajstić information content (AvgIpc) is 3.22. The highest BCUT2D eigenvalue weighted by Crippen LogP contribution is 2.40. The summed E-state index contributed by atoms with van der Waals surface area (Å²) in [5.41, 5.74) is 4.89. The van der Waals surface area contributed by atoms with Crippen LogP contribution in [0.3, 0.4) is 0 Å². The van der Waals surface area contributed by atoms with Crippen molar-refractivity contribution >= 4 is 43.3 Å². The zero-order chi connectivity index (χ0) is 16.4. The second kappa shape index (κ2) is 4.84. The number of hydrogen-bond donors (Lipinski definition) is 0. The van der Waals surface area contributed by atoms with Gasteiger partial charge < -0.3 is 0 Å². The van der Waals surface area contributed by atoms with Gasteiger partial charge in [0.15, 0.2) is 5.78 Å². The lowest BCUT2D eigenvalue weighted by molar-refractivity contribution is 0.104. The van der Waals surface area contributed by atoms with E-state index in [2.05, 4.69) is 21.0 Å². The number of thiazole rings is 1. The Labute approximate surface area is 149 Å². The van der Waals surface area contributed by atoms with Gasteiger partial charge in [-0.15, -0.1) is 0 Å². The van der Waals surface area contributed by atoms with Crippen LogP contribution in [0.2, 0.25) is 0 Å². The van der Waals surface area contributed by atoms with Crippen molar-refractivity contribution < 1.29 is 4.79 Å². The molecule has 1 aliphatic carbocycles. The average molecular weight is 396 g/mol. The molecule has 1 aliphatic rings. The van der Waals surface area contributed by atoms with Crippen molar-refractivity contribution in [2.75, 3.05) is 0 Å². The molecular formula is C18H10BrN3OS. The smallest absolute Gasteiger partial charge is 0.212 e. The predicted octanol–water partition coefficient (Wildman–Crippen LogP) is 4.76. The molecule has 2 aromatic heterocycles. The lowest BCUT2D eigenvalue weighted by Gasteiger charge is -2.02. The standard InChI is InChI=1S/C18H10BrN3OS/c1-9-15-16(11-4-2-3-5-12(11)17(15)23)22(21-9)18-20-13-7-6-10(19)8-14(13)24-18/h2-8H,1H3. The van der Waals surface area contributed by atoms with Crippen molar-refractivity contribution in [2.45, 2.75) is 6.92 Å². The van der Waals surface area contributed by atoms with Crippen LogP contribution >= 0.6 is 27.3 Å². The molecule has 0 N–H and O–H groups in total. The second-order valence-corrected chi connectivity index (χ2v) is 7.63. The number of halogens is 1. The van der Waals surface area contributed by atoms with Crippen LogP contribution in [0, 0.1) is 6.92 Å². The van der Waals surface area contributed by atoms with Crippen LogP contribution < -0.4 is 0 Å². The number of ketones is 1. The van der Waals surface area contributed by atoms with Crippen molar-refractivity contribution in [3.63, 3.8) is 0 Å². The highest BCUT2D eigenvalue weighted by molar-refractivity contribution is 9.10. The molecule has 2 heterocycles. The molecule has 0 radical (unpaired) electrons. The molecule has 4 nitrogen and oxygen atoms in total. The van der Waals surface area contributed by atoms with Crippen LogP contribution in [0.4, 0.5) is 0 Å². The quantitative estimate of drug-likeness (QED) is 0.410. The minimum absolute atomic E-state index is 0.0493. The number of fused-ring (bicyclic) bond motifs is 4. The van der Waals surface area contributed by atoms with Gasteiger partial charge in [-0.25, -0.2) is 9.67 Å². The van der Waals surface area contributed by atoms with Gasteiger partial charge in [0.1, 0.15) is 0 Å². The summed E-state index contributed by atoms with van der Waals surface area (Å²) in [6.07, 6.45) is 0. The Balaban J connectivity index is 1.81. The molecule has 6 heteroatoms. The van der Waals surface area contributed by atoms with Gasteiger partial charge in [0.05, 0.1) is 27.2 Å². The van der Waals surface area contributed by atoms with E-state index in [-0.39, 0.29) is 5.78 Å².